The van der Waals surface area contributed by atoms with Gasteiger partial charge in [0, 0.05) is 5.57 Å². The third-order valence-corrected chi connectivity index (χ3v) is 9.88. The van der Waals surface area contributed by atoms with Crippen LogP contribution in [0.15, 0.2) is 54.1 Å². The maximum absolute atomic E-state index is 11.8. The number of carbonyl (C=O) groups is 1. The number of ether oxygens (including phenoxy) is 2. The number of benzene rings is 2. The van der Waals surface area contributed by atoms with E-state index in [-0.39, 0.29) is 11.0 Å². The fraction of sp³-hybridized carbons (Fsp3) is 0.400. The van der Waals surface area contributed by atoms with Crippen LogP contribution in [0, 0.1) is 0 Å². The van der Waals surface area contributed by atoms with Gasteiger partial charge in [0.05, 0.1) is 13.2 Å². The van der Waals surface area contributed by atoms with Crippen molar-refractivity contribution < 1.29 is 18.7 Å². The molecule has 0 unspecified atom stereocenters. The number of carbonyl (C=O) groups excluding carboxylic acids is 1. The largest absolute Gasteiger partial charge is 0.463 e. The van der Waals surface area contributed by atoms with E-state index in [4.69, 9.17) is 13.9 Å². The number of hydrogen-bond acceptors (Lipinski definition) is 4. The second-order valence-corrected chi connectivity index (χ2v) is 13.7. The van der Waals surface area contributed by atoms with E-state index in [1.165, 1.54) is 0 Å². The predicted octanol–water partition coefficient (Wildman–Crippen LogP) is 6.97. The van der Waals surface area contributed by atoms with Crippen molar-refractivity contribution in [3.63, 3.8) is 0 Å². The van der Waals surface area contributed by atoms with E-state index in [0.717, 1.165) is 16.9 Å². The molecule has 0 amide bonds. The van der Waals surface area contributed by atoms with Crippen molar-refractivity contribution in [3.8, 4) is 11.5 Å². The van der Waals surface area contributed by atoms with Crippen LogP contribution in [-0.2, 0) is 20.6 Å². The van der Waals surface area contributed by atoms with Crippen LogP contribution in [0.25, 0.3) is 6.08 Å². The van der Waals surface area contributed by atoms with Gasteiger partial charge in [-0.15, -0.1) is 0 Å². The van der Waals surface area contributed by atoms with Crippen LogP contribution in [0.4, 0.5) is 0 Å². The molecule has 5 heteroatoms. The Morgan fingerprint density at radius 3 is 2.30 bits per heavy atom. The quantitative estimate of drug-likeness (QED) is 0.260. The van der Waals surface area contributed by atoms with Crippen molar-refractivity contribution in [1.82, 2.24) is 0 Å². The highest BCUT2D eigenvalue weighted by Gasteiger charge is 2.36. The summed E-state index contributed by atoms with van der Waals surface area (Å²) in [4.78, 5) is 11.8. The summed E-state index contributed by atoms with van der Waals surface area (Å²) < 4.78 is 17.3. The Balaban J connectivity index is 2.02. The first kappa shape index (κ1) is 23.9. The summed E-state index contributed by atoms with van der Waals surface area (Å²) in [5.41, 5.74) is 2.58. The lowest BCUT2D eigenvalue weighted by atomic mass is 10.1. The zero-order valence-corrected chi connectivity index (χ0v) is 20.2. The summed E-state index contributed by atoms with van der Waals surface area (Å²) in [7, 11) is -1.77. The highest BCUT2D eigenvalue weighted by atomic mass is 28.4. The molecular formula is C25H34O4Si. The van der Waals surface area contributed by atoms with Crippen molar-refractivity contribution >= 4 is 20.4 Å². The van der Waals surface area contributed by atoms with E-state index in [9.17, 15) is 4.79 Å². The SMILES string of the molecule is CCOC(=O)/C(C)=C/c1cccc(Oc2ccc(CO[Si](C)(C)C(C)(C)C)cc2)c1. The first-order valence-corrected chi connectivity index (χ1v) is 13.3. The second kappa shape index (κ2) is 10.1. The zero-order valence-electron chi connectivity index (χ0n) is 19.2. The summed E-state index contributed by atoms with van der Waals surface area (Å²) in [5.74, 6) is 1.17. The van der Waals surface area contributed by atoms with E-state index in [1.54, 1.807) is 19.9 Å². The topological polar surface area (TPSA) is 44.8 Å². The lowest BCUT2D eigenvalue weighted by Crippen LogP contribution is -2.40. The fourth-order valence-electron chi connectivity index (χ4n) is 2.49. The molecule has 162 valence electrons. The van der Waals surface area contributed by atoms with Gasteiger partial charge in [0.2, 0.25) is 0 Å². The zero-order chi connectivity index (χ0) is 22.4. The number of hydrogen-bond donors (Lipinski definition) is 0. The Labute approximate surface area is 182 Å². The predicted molar refractivity (Wildman–Crippen MR) is 125 cm³/mol. The second-order valence-electron chi connectivity index (χ2n) is 8.92. The van der Waals surface area contributed by atoms with Crippen molar-refractivity contribution in [2.45, 2.75) is 59.4 Å². The normalized spacial score (nSPS) is 12.6. The first-order chi connectivity index (χ1) is 14.0. The van der Waals surface area contributed by atoms with E-state index in [0.29, 0.717) is 24.5 Å². The highest BCUT2D eigenvalue weighted by Crippen LogP contribution is 2.37. The maximum Gasteiger partial charge on any atom is 0.333 e. The standard InChI is InChI=1S/C25H34O4Si/c1-8-27-24(26)19(2)16-21-10-9-11-23(17-21)29-22-14-12-20(13-15-22)18-28-30(6,7)25(3,4)5/h9-17H,8,18H2,1-7H3/b19-16+. The Morgan fingerprint density at radius 1 is 1.03 bits per heavy atom. The van der Waals surface area contributed by atoms with Crippen LogP contribution >= 0.6 is 0 Å². The van der Waals surface area contributed by atoms with Crippen molar-refractivity contribution in [1.29, 1.82) is 0 Å². The molecule has 0 atom stereocenters. The highest BCUT2D eigenvalue weighted by molar-refractivity contribution is 6.74. The molecule has 0 aliphatic rings. The molecular weight excluding hydrogens is 392 g/mol. The molecule has 0 bridgehead atoms. The molecule has 0 heterocycles. The summed E-state index contributed by atoms with van der Waals surface area (Å²) in [6.07, 6.45) is 1.80. The van der Waals surface area contributed by atoms with Gasteiger partial charge < -0.3 is 13.9 Å². The maximum atomic E-state index is 11.8. The van der Waals surface area contributed by atoms with Crippen molar-refractivity contribution in [3.05, 3.63) is 65.2 Å². The van der Waals surface area contributed by atoms with E-state index in [1.807, 2.05) is 48.5 Å². The average molecular weight is 427 g/mol. The molecule has 4 nitrogen and oxygen atoms in total. The molecule has 0 saturated carbocycles. The van der Waals surface area contributed by atoms with Gasteiger partial charge in [-0.2, -0.15) is 0 Å². The van der Waals surface area contributed by atoms with Gasteiger partial charge in [-0.25, -0.2) is 4.79 Å². The van der Waals surface area contributed by atoms with E-state index >= 15 is 0 Å². The molecule has 0 radical (unpaired) electrons. The molecule has 0 fully saturated rings. The Kier molecular flexibility index (Phi) is 8.04. The lowest BCUT2D eigenvalue weighted by Gasteiger charge is -2.36. The Bertz CT molecular complexity index is 877. The van der Waals surface area contributed by atoms with E-state index < -0.39 is 8.32 Å². The molecule has 0 saturated heterocycles. The van der Waals surface area contributed by atoms with Crippen LogP contribution < -0.4 is 4.74 Å². The van der Waals surface area contributed by atoms with Crippen LogP contribution in [0.3, 0.4) is 0 Å². The summed E-state index contributed by atoms with van der Waals surface area (Å²) in [5, 5.41) is 0.196. The summed E-state index contributed by atoms with van der Waals surface area (Å²) >= 11 is 0. The van der Waals surface area contributed by atoms with Crippen molar-refractivity contribution in [2.75, 3.05) is 6.61 Å². The number of esters is 1. The molecule has 0 spiro atoms. The molecule has 2 aromatic rings. The summed E-state index contributed by atoms with van der Waals surface area (Å²) in [6.45, 7) is 15.8. The van der Waals surface area contributed by atoms with Crippen LogP contribution in [0.1, 0.15) is 45.7 Å². The van der Waals surface area contributed by atoms with Gasteiger partial charge in [-0.05, 0) is 73.4 Å². The van der Waals surface area contributed by atoms with Gasteiger partial charge in [0.25, 0.3) is 0 Å². The Hall–Kier alpha value is -2.37. The third kappa shape index (κ3) is 6.85. The van der Waals surface area contributed by atoms with Crippen molar-refractivity contribution in [2.24, 2.45) is 0 Å². The van der Waals surface area contributed by atoms with Gasteiger partial charge >= 0.3 is 5.97 Å². The minimum Gasteiger partial charge on any atom is -0.463 e. The Morgan fingerprint density at radius 2 is 1.70 bits per heavy atom. The molecule has 2 rings (SSSR count). The average Bonchev–Trinajstić information content (AvgIpc) is 2.67. The first-order valence-electron chi connectivity index (χ1n) is 10.4. The third-order valence-electron chi connectivity index (χ3n) is 5.40. The molecule has 0 N–H and O–H groups in total. The smallest absolute Gasteiger partial charge is 0.333 e. The minimum absolute atomic E-state index is 0.196. The van der Waals surface area contributed by atoms with Gasteiger partial charge in [-0.3, -0.25) is 0 Å². The molecule has 0 aliphatic carbocycles. The minimum atomic E-state index is -1.77. The number of rotatable bonds is 8. The van der Waals surface area contributed by atoms with E-state index in [2.05, 4.69) is 33.9 Å². The monoisotopic (exact) mass is 426 g/mol. The summed E-state index contributed by atoms with van der Waals surface area (Å²) in [6, 6.07) is 15.6. The lowest BCUT2D eigenvalue weighted by molar-refractivity contribution is -0.138. The fourth-order valence-corrected chi connectivity index (χ4v) is 3.45. The molecule has 0 aromatic heterocycles. The van der Waals surface area contributed by atoms with Gasteiger partial charge in [0.1, 0.15) is 11.5 Å². The molecule has 0 aliphatic heterocycles. The van der Waals surface area contributed by atoms with Crippen LogP contribution in [0.5, 0.6) is 11.5 Å². The molecule has 30 heavy (non-hydrogen) atoms. The van der Waals surface area contributed by atoms with Crippen LogP contribution in [0.2, 0.25) is 18.1 Å². The van der Waals surface area contributed by atoms with Crippen LogP contribution in [-0.4, -0.2) is 20.9 Å². The molecule has 2 aromatic carbocycles. The van der Waals surface area contributed by atoms with Gasteiger partial charge in [0.15, 0.2) is 8.32 Å². The van der Waals surface area contributed by atoms with Gasteiger partial charge in [-0.1, -0.05) is 45.0 Å².